The molecule has 2 N–H and O–H groups in total. The van der Waals surface area contributed by atoms with Crippen LogP contribution >= 0.6 is 0 Å². The van der Waals surface area contributed by atoms with E-state index < -0.39 is 22.1 Å². The van der Waals surface area contributed by atoms with E-state index in [0.717, 1.165) is 18.2 Å². The van der Waals surface area contributed by atoms with Crippen molar-refractivity contribution in [1.29, 1.82) is 5.26 Å². The average molecular weight is 207 g/mol. The fourth-order valence-electron chi connectivity index (χ4n) is 1.00. The highest BCUT2D eigenvalue weighted by Gasteiger charge is 2.16. The minimum absolute atomic E-state index is 0.218. The molecule has 0 spiro atoms. The van der Waals surface area contributed by atoms with E-state index in [1.165, 1.54) is 6.08 Å². The van der Waals surface area contributed by atoms with Gasteiger partial charge in [0.25, 0.3) is 5.69 Å². The summed E-state index contributed by atoms with van der Waals surface area (Å²) < 4.78 is 13.1. The molecule has 0 heterocycles. The lowest BCUT2D eigenvalue weighted by Gasteiger charge is -2.00. The van der Waals surface area contributed by atoms with Crippen molar-refractivity contribution in [2.45, 2.75) is 0 Å². The van der Waals surface area contributed by atoms with Crippen molar-refractivity contribution in [3.8, 4) is 6.07 Å². The van der Waals surface area contributed by atoms with Gasteiger partial charge in [0, 0.05) is 12.1 Å². The molecule has 76 valence electrons. The number of allylic oxidation sites excluding steroid dienone is 1. The van der Waals surface area contributed by atoms with Crippen LogP contribution in [-0.4, -0.2) is 4.92 Å². The Morgan fingerprint density at radius 2 is 2.27 bits per heavy atom. The van der Waals surface area contributed by atoms with E-state index in [1.807, 2.05) is 0 Å². The highest BCUT2D eigenvalue weighted by Crippen LogP contribution is 2.26. The molecule has 0 aliphatic rings. The molecule has 0 atom stereocenters. The number of nitriles is 1. The van der Waals surface area contributed by atoms with Gasteiger partial charge >= 0.3 is 0 Å². The summed E-state index contributed by atoms with van der Waals surface area (Å²) in [5.41, 5.74) is 4.38. The normalized spacial score (nSPS) is 10.1. The second-order valence-electron chi connectivity index (χ2n) is 2.66. The van der Waals surface area contributed by atoms with Crippen molar-refractivity contribution in [3.05, 3.63) is 39.7 Å². The first-order valence-corrected chi connectivity index (χ1v) is 3.86. The van der Waals surface area contributed by atoms with Gasteiger partial charge in [0.1, 0.15) is 5.69 Å². The molecule has 0 saturated heterocycles. The first kappa shape index (κ1) is 10.7. The van der Waals surface area contributed by atoms with Crippen LogP contribution in [-0.2, 0) is 0 Å². The molecule has 0 saturated carbocycles. The Labute approximate surface area is 84.4 Å². The summed E-state index contributed by atoms with van der Waals surface area (Å²) >= 11 is 0. The fourth-order valence-corrected chi connectivity index (χ4v) is 1.00. The minimum Gasteiger partial charge on any atom is -0.391 e. The quantitative estimate of drug-likeness (QED) is 0.346. The maximum Gasteiger partial charge on any atom is 0.295 e. The Balaban J connectivity index is 3.31. The minimum atomic E-state index is -0.873. The Bertz CT molecular complexity index is 477. The number of nitro groups is 1. The monoisotopic (exact) mass is 207 g/mol. The number of benzene rings is 1. The predicted octanol–water partition coefficient (Wildman–Crippen LogP) is 1.85. The second-order valence-corrected chi connectivity index (χ2v) is 2.66. The summed E-state index contributed by atoms with van der Waals surface area (Å²) in [7, 11) is 0. The molecule has 0 unspecified atom stereocenters. The number of nitro benzene ring substituents is 1. The van der Waals surface area contributed by atoms with Crippen LogP contribution in [0.3, 0.4) is 0 Å². The molecule has 15 heavy (non-hydrogen) atoms. The Hall–Kier alpha value is -2.42. The molecule has 0 aliphatic carbocycles. The molecule has 0 bridgehead atoms. The largest absolute Gasteiger partial charge is 0.391 e. The average Bonchev–Trinajstić information content (AvgIpc) is 2.19. The molecule has 5 nitrogen and oxygen atoms in total. The van der Waals surface area contributed by atoms with Crippen LogP contribution in [0.2, 0.25) is 0 Å². The van der Waals surface area contributed by atoms with E-state index in [9.17, 15) is 14.5 Å². The molecule has 0 aliphatic heterocycles. The Kier molecular flexibility index (Phi) is 2.98. The molecular weight excluding hydrogens is 201 g/mol. The molecule has 0 aromatic heterocycles. The smallest absolute Gasteiger partial charge is 0.295 e. The number of hydrogen-bond acceptors (Lipinski definition) is 4. The molecule has 1 aromatic rings. The maximum atomic E-state index is 13.1. The Morgan fingerprint density at radius 1 is 1.60 bits per heavy atom. The van der Waals surface area contributed by atoms with Crippen molar-refractivity contribution >= 4 is 17.5 Å². The summed E-state index contributed by atoms with van der Waals surface area (Å²) in [6, 6.07) is 3.82. The van der Waals surface area contributed by atoms with E-state index >= 15 is 0 Å². The highest BCUT2D eigenvalue weighted by molar-refractivity contribution is 5.66. The van der Waals surface area contributed by atoms with Crippen LogP contribution in [0.1, 0.15) is 5.56 Å². The van der Waals surface area contributed by atoms with Gasteiger partial charge in [-0.05, 0) is 17.7 Å². The lowest BCUT2D eigenvalue weighted by molar-refractivity contribution is -0.384. The zero-order chi connectivity index (χ0) is 11.4. The summed E-state index contributed by atoms with van der Waals surface area (Å²) in [4.78, 5) is 9.69. The molecule has 1 rings (SSSR count). The van der Waals surface area contributed by atoms with Gasteiger partial charge < -0.3 is 5.73 Å². The van der Waals surface area contributed by atoms with Crippen molar-refractivity contribution < 1.29 is 9.31 Å². The van der Waals surface area contributed by atoms with Crippen molar-refractivity contribution in [1.82, 2.24) is 0 Å². The van der Waals surface area contributed by atoms with Crippen LogP contribution in [0.25, 0.3) is 6.08 Å². The standard InChI is InChI=1S/C9H6FN3O2/c10-7-4-6(2-1-3-11)5-8(9(7)12)13(14)15/h1-2,4-5H,12H2. The van der Waals surface area contributed by atoms with E-state index in [4.69, 9.17) is 11.0 Å². The van der Waals surface area contributed by atoms with Gasteiger partial charge in [-0.2, -0.15) is 5.26 Å². The second kappa shape index (κ2) is 4.19. The Morgan fingerprint density at radius 3 is 2.80 bits per heavy atom. The van der Waals surface area contributed by atoms with Gasteiger partial charge in [0.2, 0.25) is 0 Å². The van der Waals surface area contributed by atoms with Crippen molar-refractivity contribution in [2.75, 3.05) is 5.73 Å². The molecular formula is C9H6FN3O2. The number of nitrogens with zero attached hydrogens (tertiary/aromatic N) is 2. The lowest BCUT2D eigenvalue weighted by atomic mass is 10.1. The number of anilines is 1. The lowest BCUT2D eigenvalue weighted by Crippen LogP contribution is -1.99. The number of halogens is 1. The van der Waals surface area contributed by atoms with Crippen LogP contribution in [0.15, 0.2) is 18.2 Å². The summed E-state index contributed by atoms with van der Waals surface area (Å²) in [5, 5.41) is 18.7. The van der Waals surface area contributed by atoms with Crippen LogP contribution < -0.4 is 5.73 Å². The van der Waals surface area contributed by atoms with Crippen molar-refractivity contribution in [2.24, 2.45) is 0 Å². The van der Waals surface area contributed by atoms with E-state index in [1.54, 1.807) is 6.07 Å². The molecule has 0 amide bonds. The first-order valence-electron chi connectivity index (χ1n) is 3.86. The van der Waals surface area contributed by atoms with Gasteiger partial charge in [-0.3, -0.25) is 10.1 Å². The van der Waals surface area contributed by atoms with Gasteiger partial charge in [-0.25, -0.2) is 4.39 Å². The molecule has 0 radical (unpaired) electrons. The van der Waals surface area contributed by atoms with Crippen LogP contribution in [0.4, 0.5) is 15.8 Å². The topological polar surface area (TPSA) is 93.0 Å². The summed E-state index contributed by atoms with van der Waals surface area (Å²) in [6.45, 7) is 0. The zero-order valence-corrected chi connectivity index (χ0v) is 7.48. The van der Waals surface area contributed by atoms with E-state index in [2.05, 4.69) is 0 Å². The summed E-state index contributed by atoms with van der Waals surface area (Å²) in [5.74, 6) is -0.873. The number of rotatable bonds is 2. The van der Waals surface area contributed by atoms with Gasteiger partial charge in [0.15, 0.2) is 5.82 Å². The van der Waals surface area contributed by atoms with E-state index in [-0.39, 0.29) is 5.56 Å². The number of nitrogens with two attached hydrogens (primary N) is 1. The third-order valence-corrected chi connectivity index (χ3v) is 1.68. The summed E-state index contributed by atoms with van der Waals surface area (Å²) in [6.07, 6.45) is 2.35. The SMILES string of the molecule is N#CC=Cc1cc(F)c(N)c([N+](=O)[O-])c1. The van der Waals surface area contributed by atoms with Gasteiger partial charge in [-0.1, -0.05) is 0 Å². The van der Waals surface area contributed by atoms with Gasteiger partial charge in [0.05, 0.1) is 11.0 Å². The fraction of sp³-hybridized carbons (Fsp3) is 0. The third-order valence-electron chi connectivity index (χ3n) is 1.68. The zero-order valence-electron chi connectivity index (χ0n) is 7.48. The maximum absolute atomic E-state index is 13.1. The predicted molar refractivity (Wildman–Crippen MR) is 52.1 cm³/mol. The number of nitrogen functional groups attached to an aromatic ring is 1. The first-order chi connectivity index (χ1) is 7.06. The van der Waals surface area contributed by atoms with Crippen LogP contribution in [0, 0.1) is 27.3 Å². The van der Waals surface area contributed by atoms with Crippen molar-refractivity contribution in [3.63, 3.8) is 0 Å². The molecule has 1 aromatic carbocycles. The highest BCUT2D eigenvalue weighted by atomic mass is 19.1. The van der Waals surface area contributed by atoms with E-state index in [0.29, 0.717) is 0 Å². The third kappa shape index (κ3) is 2.28. The number of hydrogen-bond donors (Lipinski definition) is 1. The molecule has 0 fully saturated rings. The molecule has 6 heteroatoms. The van der Waals surface area contributed by atoms with Gasteiger partial charge in [-0.15, -0.1) is 0 Å². The van der Waals surface area contributed by atoms with Crippen LogP contribution in [0.5, 0.6) is 0 Å².